The first-order valence-electron chi connectivity index (χ1n) is 8.91. The molecule has 4 aromatic rings. The van der Waals surface area contributed by atoms with Gasteiger partial charge in [0.15, 0.2) is 11.6 Å². The van der Waals surface area contributed by atoms with Gasteiger partial charge in [-0.1, -0.05) is 24.3 Å². The van der Waals surface area contributed by atoms with Crippen LogP contribution in [0.2, 0.25) is 0 Å². The van der Waals surface area contributed by atoms with Crippen LogP contribution >= 0.6 is 0 Å². The van der Waals surface area contributed by atoms with Crippen LogP contribution < -0.4 is 16.8 Å². The molecule has 5 N–H and O–H groups in total. The number of nitrogens with two attached hydrogens (primary N) is 2. The lowest BCUT2D eigenvalue weighted by Gasteiger charge is -2.21. The number of anilines is 3. The molecule has 2 heterocycles. The lowest BCUT2D eigenvalue weighted by atomic mass is 9.93. The summed E-state index contributed by atoms with van der Waals surface area (Å²) in [6.07, 6.45) is 2.88. The number of halogens is 2. The number of hydrogen-bond acceptors (Lipinski definition) is 6. The minimum absolute atomic E-state index is 0.166. The smallest absolute Gasteiger partial charge is 0.155 e. The molecule has 0 aliphatic heterocycles. The van der Waals surface area contributed by atoms with Gasteiger partial charge in [0.05, 0.1) is 6.04 Å². The summed E-state index contributed by atoms with van der Waals surface area (Å²) in [4.78, 5) is 12.3. The molecular formula is C21H18F2N6. The van der Waals surface area contributed by atoms with E-state index in [9.17, 15) is 8.78 Å². The Morgan fingerprint density at radius 1 is 1.00 bits per heavy atom. The zero-order valence-corrected chi connectivity index (χ0v) is 15.5. The van der Waals surface area contributed by atoms with Crippen LogP contribution in [0.4, 0.5) is 26.1 Å². The van der Waals surface area contributed by atoms with E-state index < -0.39 is 5.82 Å². The maximum atomic E-state index is 14.3. The van der Waals surface area contributed by atoms with Crippen LogP contribution in [-0.4, -0.2) is 15.0 Å². The standard InChI is InChI=1S/C21H18F2N6/c1-11(29-21-18(24)20(25)27-10-28-21)15-9-26-19-14(6-3-7-16(19)23)17(15)12-4-2-5-13(22)8-12/h2-11H,24H2,1H3,(H3,25,27,28,29)/t11-/m0/s1. The van der Waals surface area contributed by atoms with E-state index in [0.717, 1.165) is 5.56 Å². The second-order valence-electron chi connectivity index (χ2n) is 6.62. The molecule has 6 nitrogen and oxygen atoms in total. The first kappa shape index (κ1) is 18.5. The molecular weight excluding hydrogens is 374 g/mol. The normalized spacial score (nSPS) is 12.1. The molecule has 4 rings (SSSR count). The molecule has 2 aromatic carbocycles. The highest BCUT2D eigenvalue weighted by molar-refractivity contribution is 5.96. The van der Waals surface area contributed by atoms with Crippen molar-refractivity contribution in [3.05, 3.63) is 72.2 Å². The number of fused-ring (bicyclic) bond motifs is 1. The number of aromatic nitrogens is 3. The van der Waals surface area contributed by atoms with Gasteiger partial charge < -0.3 is 16.8 Å². The summed E-state index contributed by atoms with van der Waals surface area (Å²) in [5.41, 5.74) is 14.2. The molecule has 0 saturated carbocycles. The van der Waals surface area contributed by atoms with E-state index >= 15 is 0 Å². The third-order valence-electron chi connectivity index (χ3n) is 4.73. The molecule has 0 aliphatic rings. The number of nitrogens with one attached hydrogen (secondary N) is 1. The van der Waals surface area contributed by atoms with Gasteiger partial charge in [0.25, 0.3) is 0 Å². The van der Waals surface area contributed by atoms with Crippen LogP contribution in [0, 0.1) is 11.6 Å². The number of nitrogens with zero attached hydrogens (tertiary/aromatic N) is 3. The molecule has 0 saturated heterocycles. The van der Waals surface area contributed by atoms with Crippen LogP contribution in [-0.2, 0) is 0 Å². The Morgan fingerprint density at radius 2 is 1.79 bits per heavy atom. The van der Waals surface area contributed by atoms with Gasteiger partial charge in [-0.3, -0.25) is 4.98 Å². The van der Waals surface area contributed by atoms with Gasteiger partial charge in [0, 0.05) is 17.1 Å². The average Bonchev–Trinajstić information content (AvgIpc) is 2.71. The van der Waals surface area contributed by atoms with E-state index in [1.54, 1.807) is 30.5 Å². The van der Waals surface area contributed by atoms with Gasteiger partial charge >= 0.3 is 0 Å². The average molecular weight is 392 g/mol. The van der Waals surface area contributed by atoms with Gasteiger partial charge in [-0.2, -0.15) is 0 Å². The van der Waals surface area contributed by atoms with E-state index in [1.165, 1.54) is 24.5 Å². The minimum Gasteiger partial charge on any atom is -0.393 e. The van der Waals surface area contributed by atoms with Crippen molar-refractivity contribution in [3.63, 3.8) is 0 Å². The number of hydrogen-bond donors (Lipinski definition) is 3. The lowest BCUT2D eigenvalue weighted by Crippen LogP contribution is -2.13. The molecule has 0 bridgehead atoms. The van der Waals surface area contributed by atoms with E-state index in [0.29, 0.717) is 22.3 Å². The quantitative estimate of drug-likeness (QED) is 0.478. The topological polar surface area (TPSA) is 103 Å². The SMILES string of the molecule is C[C@H](Nc1ncnc(N)c1N)c1cnc2c(F)cccc2c1-c1cccc(F)c1. The van der Waals surface area contributed by atoms with Crippen molar-refractivity contribution in [3.8, 4) is 11.1 Å². The predicted molar refractivity (Wildman–Crippen MR) is 110 cm³/mol. The molecule has 2 aromatic heterocycles. The molecule has 0 unspecified atom stereocenters. The highest BCUT2D eigenvalue weighted by Gasteiger charge is 2.19. The molecule has 0 fully saturated rings. The Morgan fingerprint density at radius 3 is 2.59 bits per heavy atom. The van der Waals surface area contributed by atoms with Gasteiger partial charge in [0.2, 0.25) is 0 Å². The predicted octanol–water partition coefficient (Wildman–Crippen LogP) is 4.31. The van der Waals surface area contributed by atoms with Crippen molar-refractivity contribution in [1.29, 1.82) is 0 Å². The second-order valence-corrected chi connectivity index (χ2v) is 6.62. The Hall–Kier alpha value is -3.81. The van der Waals surface area contributed by atoms with Gasteiger partial charge in [0.1, 0.15) is 29.2 Å². The summed E-state index contributed by atoms with van der Waals surface area (Å²) in [6, 6.07) is 10.5. The molecule has 146 valence electrons. The molecule has 0 amide bonds. The van der Waals surface area contributed by atoms with E-state index in [-0.39, 0.29) is 28.9 Å². The fourth-order valence-corrected chi connectivity index (χ4v) is 3.30. The summed E-state index contributed by atoms with van der Waals surface area (Å²) < 4.78 is 28.3. The summed E-state index contributed by atoms with van der Waals surface area (Å²) >= 11 is 0. The van der Waals surface area contributed by atoms with Crippen LogP contribution in [0.1, 0.15) is 18.5 Å². The van der Waals surface area contributed by atoms with Crippen molar-refractivity contribution in [2.45, 2.75) is 13.0 Å². The van der Waals surface area contributed by atoms with E-state index in [1.807, 2.05) is 6.92 Å². The number of nitrogen functional groups attached to an aromatic ring is 2. The summed E-state index contributed by atoms with van der Waals surface area (Å²) in [5, 5.41) is 3.77. The summed E-state index contributed by atoms with van der Waals surface area (Å²) in [7, 11) is 0. The Labute approximate surface area is 165 Å². The third-order valence-corrected chi connectivity index (χ3v) is 4.73. The van der Waals surface area contributed by atoms with Crippen molar-refractivity contribution < 1.29 is 8.78 Å². The fraction of sp³-hybridized carbons (Fsp3) is 0.0952. The first-order chi connectivity index (χ1) is 14.0. The van der Waals surface area contributed by atoms with E-state index in [4.69, 9.17) is 11.5 Å². The molecule has 29 heavy (non-hydrogen) atoms. The van der Waals surface area contributed by atoms with Crippen LogP contribution in [0.15, 0.2) is 55.0 Å². The highest BCUT2D eigenvalue weighted by atomic mass is 19.1. The Balaban J connectivity index is 1.90. The number of benzene rings is 2. The largest absolute Gasteiger partial charge is 0.393 e. The minimum atomic E-state index is -0.444. The van der Waals surface area contributed by atoms with E-state index in [2.05, 4.69) is 20.3 Å². The first-order valence-corrected chi connectivity index (χ1v) is 8.91. The van der Waals surface area contributed by atoms with Crippen LogP contribution in [0.3, 0.4) is 0 Å². The molecule has 0 radical (unpaired) electrons. The van der Waals surface area contributed by atoms with Gasteiger partial charge in [-0.05, 0) is 36.2 Å². The zero-order chi connectivity index (χ0) is 20.5. The van der Waals surface area contributed by atoms with Crippen molar-refractivity contribution >= 4 is 28.2 Å². The zero-order valence-electron chi connectivity index (χ0n) is 15.5. The molecule has 0 spiro atoms. The lowest BCUT2D eigenvalue weighted by molar-refractivity contribution is 0.628. The number of para-hydroxylation sites is 1. The molecule has 1 atom stereocenters. The number of pyridine rings is 1. The molecule has 8 heteroatoms. The highest BCUT2D eigenvalue weighted by Crippen LogP contribution is 2.36. The maximum absolute atomic E-state index is 14.3. The maximum Gasteiger partial charge on any atom is 0.155 e. The van der Waals surface area contributed by atoms with Crippen molar-refractivity contribution in [2.24, 2.45) is 0 Å². The van der Waals surface area contributed by atoms with Gasteiger partial charge in [-0.25, -0.2) is 18.7 Å². The Bertz CT molecular complexity index is 1210. The third kappa shape index (κ3) is 3.40. The van der Waals surface area contributed by atoms with Crippen molar-refractivity contribution in [2.75, 3.05) is 16.8 Å². The summed E-state index contributed by atoms with van der Waals surface area (Å²) in [5.74, 6) is -0.295. The monoisotopic (exact) mass is 392 g/mol. The number of rotatable bonds is 4. The van der Waals surface area contributed by atoms with Gasteiger partial charge in [-0.15, -0.1) is 0 Å². The van der Waals surface area contributed by atoms with Crippen LogP contribution in [0.25, 0.3) is 22.0 Å². The van der Waals surface area contributed by atoms with Crippen molar-refractivity contribution in [1.82, 2.24) is 15.0 Å². The summed E-state index contributed by atoms with van der Waals surface area (Å²) in [6.45, 7) is 1.88. The molecule has 0 aliphatic carbocycles. The Kier molecular flexibility index (Phi) is 4.67. The van der Waals surface area contributed by atoms with Crippen LogP contribution in [0.5, 0.6) is 0 Å². The second kappa shape index (κ2) is 7.31. The fourth-order valence-electron chi connectivity index (χ4n) is 3.30.